The first-order valence-electron chi connectivity index (χ1n) is 11.1. The number of ether oxygens (including phenoxy) is 3. The van der Waals surface area contributed by atoms with Gasteiger partial charge in [0.05, 0.1) is 30.3 Å². The van der Waals surface area contributed by atoms with Crippen molar-refractivity contribution in [3.8, 4) is 5.75 Å². The van der Waals surface area contributed by atoms with Crippen molar-refractivity contribution in [2.75, 3.05) is 44.8 Å². The molecule has 1 amide bonds. The zero-order chi connectivity index (χ0) is 24.6. The van der Waals surface area contributed by atoms with Gasteiger partial charge in [-0.15, -0.1) is 0 Å². The number of benzene rings is 2. The third-order valence-electron chi connectivity index (χ3n) is 5.11. The normalized spacial score (nSPS) is 14.6. The molecule has 0 spiro atoms. The summed E-state index contributed by atoms with van der Waals surface area (Å²) in [6, 6.07) is 12.5. The van der Waals surface area contributed by atoms with Gasteiger partial charge in [0.2, 0.25) is 10.0 Å². The highest BCUT2D eigenvalue weighted by atomic mass is 32.2. The number of hydrogen-bond donors (Lipinski definition) is 1. The highest BCUT2D eigenvalue weighted by molar-refractivity contribution is 7.89. The quantitative estimate of drug-likeness (QED) is 0.510. The van der Waals surface area contributed by atoms with E-state index in [1.165, 1.54) is 16.4 Å². The van der Waals surface area contributed by atoms with Crippen molar-refractivity contribution in [2.24, 2.45) is 5.92 Å². The van der Waals surface area contributed by atoms with Crippen LogP contribution in [-0.2, 0) is 24.3 Å². The predicted molar refractivity (Wildman–Crippen MR) is 126 cm³/mol. The summed E-state index contributed by atoms with van der Waals surface area (Å²) in [6.45, 7) is 5.55. The molecule has 0 aliphatic carbocycles. The number of rotatable bonds is 10. The third-order valence-corrected chi connectivity index (χ3v) is 7.01. The molecule has 2 aromatic rings. The summed E-state index contributed by atoms with van der Waals surface area (Å²) in [7, 11) is -3.69. The average molecular weight is 491 g/mol. The topological polar surface area (TPSA) is 111 Å². The molecule has 1 aliphatic heterocycles. The summed E-state index contributed by atoms with van der Waals surface area (Å²) in [5.74, 6) is -0.0330. The van der Waals surface area contributed by atoms with E-state index in [1.807, 2.05) is 0 Å². The molecule has 1 aliphatic rings. The number of amides is 1. The van der Waals surface area contributed by atoms with E-state index in [0.717, 1.165) is 6.42 Å². The van der Waals surface area contributed by atoms with Gasteiger partial charge in [-0.05, 0) is 54.8 Å². The van der Waals surface area contributed by atoms with Crippen LogP contribution in [0.4, 0.5) is 5.69 Å². The van der Waals surface area contributed by atoms with Gasteiger partial charge in [0.15, 0.2) is 6.61 Å². The minimum Gasteiger partial charge on any atom is -0.494 e. The maximum absolute atomic E-state index is 12.8. The lowest BCUT2D eigenvalue weighted by atomic mass is 10.1. The molecule has 1 N–H and O–H groups in total. The van der Waals surface area contributed by atoms with Crippen LogP contribution in [0.1, 0.15) is 30.6 Å². The maximum atomic E-state index is 12.8. The second-order valence-corrected chi connectivity index (χ2v) is 10.2. The maximum Gasteiger partial charge on any atom is 0.338 e. The van der Waals surface area contributed by atoms with Gasteiger partial charge in [0, 0.05) is 18.8 Å². The van der Waals surface area contributed by atoms with E-state index in [4.69, 9.17) is 14.2 Å². The second kappa shape index (κ2) is 12.0. The Morgan fingerprint density at radius 2 is 1.79 bits per heavy atom. The SMILES string of the molecule is CC(C)CCOc1ccc(C(=O)OCC(=O)Nc2cccc(S(=O)(=O)N3CCOCC3)c2)cc1. The standard InChI is InChI=1S/C24H30N2O7S/c1-18(2)10-13-32-21-8-6-19(7-9-21)24(28)33-17-23(27)25-20-4-3-5-22(16-20)34(29,30)26-11-14-31-15-12-26/h3-9,16,18H,10-15,17H2,1-2H3,(H,25,27). The molecule has 184 valence electrons. The van der Waals surface area contributed by atoms with Gasteiger partial charge in [-0.2, -0.15) is 4.31 Å². The number of nitrogens with zero attached hydrogens (tertiary/aromatic N) is 1. The van der Waals surface area contributed by atoms with Gasteiger partial charge in [0.1, 0.15) is 5.75 Å². The predicted octanol–water partition coefficient (Wildman–Crippen LogP) is 2.93. The molecule has 1 heterocycles. The van der Waals surface area contributed by atoms with Gasteiger partial charge in [-0.1, -0.05) is 19.9 Å². The van der Waals surface area contributed by atoms with E-state index in [9.17, 15) is 18.0 Å². The Morgan fingerprint density at radius 1 is 1.09 bits per heavy atom. The number of carbonyl (C=O) groups excluding carboxylic acids is 2. The molecular formula is C24H30N2O7S. The Labute approximate surface area is 200 Å². The first-order valence-corrected chi connectivity index (χ1v) is 12.6. The van der Waals surface area contributed by atoms with Crippen LogP contribution in [0.5, 0.6) is 5.75 Å². The minimum atomic E-state index is -3.69. The lowest BCUT2D eigenvalue weighted by Crippen LogP contribution is -2.40. The number of carbonyl (C=O) groups is 2. The van der Waals surface area contributed by atoms with Crippen LogP contribution in [0.2, 0.25) is 0 Å². The summed E-state index contributed by atoms with van der Waals surface area (Å²) in [5, 5.41) is 2.56. The Hall–Kier alpha value is -2.95. The molecule has 9 nitrogen and oxygen atoms in total. The first kappa shape index (κ1) is 25.7. The number of sulfonamides is 1. The van der Waals surface area contributed by atoms with Gasteiger partial charge >= 0.3 is 5.97 Å². The molecule has 0 atom stereocenters. The lowest BCUT2D eigenvalue weighted by molar-refractivity contribution is -0.119. The van der Waals surface area contributed by atoms with Crippen LogP contribution >= 0.6 is 0 Å². The van der Waals surface area contributed by atoms with E-state index in [2.05, 4.69) is 19.2 Å². The van der Waals surface area contributed by atoms with Crippen LogP contribution < -0.4 is 10.1 Å². The molecule has 0 bridgehead atoms. The van der Waals surface area contributed by atoms with Gasteiger partial charge in [0.25, 0.3) is 5.91 Å². The highest BCUT2D eigenvalue weighted by Crippen LogP contribution is 2.21. The Kier molecular flexibility index (Phi) is 9.03. The van der Waals surface area contributed by atoms with E-state index >= 15 is 0 Å². The highest BCUT2D eigenvalue weighted by Gasteiger charge is 2.26. The fraction of sp³-hybridized carbons (Fsp3) is 0.417. The van der Waals surface area contributed by atoms with Crippen molar-refractivity contribution in [3.63, 3.8) is 0 Å². The molecule has 0 saturated carbocycles. The molecule has 0 unspecified atom stereocenters. The molecule has 1 fully saturated rings. The van der Waals surface area contributed by atoms with E-state index < -0.39 is 28.5 Å². The number of anilines is 1. The van der Waals surface area contributed by atoms with Crippen molar-refractivity contribution < 1.29 is 32.2 Å². The fourth-order valence-electron chi connectivity index (χ4n) is 3.18. The van der Waals surface area contributed by atoms with Crippen LogP contribution in [0.25, 0.3) is 0 Å². The smallest absolute Gasteiger partial charge is 0.338 e. The minimum absolute atomic E-state index is 0.0693. The van der Waals surface area contributed by atoms with Crippen molar-refractivity contribution in [1.82, 2.24) is 4.31 Å². The average Bonchev–Trinajstić information content (AvgIpc) is 2.83. The van der Waals surface area contributed by atoms with Gasteiger partial charge < -0.3 is 19.5 Å². The zero-order valence-corrected chi connectivity index (χ0v) is 20.2. The first-order chi connectivity index (χ1) is 16.3. The summed E-state index contributed by atoms with van der Waals surface area (Å²) in [5.41, 5.74) is 0.584. The van der Waals surface area contributed by atoms with Crippen molar-refractivity contribution in [2.45, 2.75) is 25.2 Å². The number of hydrogen-bond acceptors (Lipinski definition) is 7. The number of nitrogens with one attached hydrogen (secondary N) is 1. The summed E-state index contributed by atoms with van der Waals surface area (Å²) >= 11 is 0. The Balaban J connectivity index is 1.51. The molecule has 34 heavy (non-hydrogen) atoms. The fourth-order valence-corrected chi connectivity index (χ4v) is 4.64. The van der Waals surface area contributed by atoms with Crippen molar-refractivity contribution >= 4 is 27.6 Å². The molecular weight excluding hydrogens is 460 g/mol. The summed E-state index contributed by atoms with van der Waals surface area (Å²) in [6.07, 6.45) is 0.932. The van der Waals surface area contributed by atoms with E-state index in [0.29, 0.717) is 42.7 Å². The molecule has 1 saturated heterocycles. The van der Waals surface area contributed by atoms with E-state index in [-0.39, 0.29) is 18.0 Å². The van der Waals surface area contributed by atoms with E-state index in [1.54, 1.807) is 36.4 Å². The van der Waals surface area contributed by atoms with Crippen molar-refractivity contribution in [1.29, 1.82) is 0 Å². The lowest BCUT2D eigenvalue weighted by Gasteiger charge is -2.26. The largest absolute Gasteiger partial charge is 0.494 e. The summed E-state index contributed by atoms with van der Waals surface area (Å²) in [4.78, 5) is 24.6. The number of esters is 1. The van der Waals surface area contributed by atoms with Crippen LogP contribution in [-0.4, -0.2) is 64.1 Å². The summed E-state index contributed by atoms with van der Waals surface area (Å²) < 4.78 is 42.8. The van der Waals surface area contributed by atoms with Gasteiger partial charge in [-0.25, -0.2) is 13.2 Å². The van der Waals surface area contributed by atoms with Crippen LogP contribution in [0.3, 0.4) is 0 Å². The Bertz CT molecular complexity index is 1080. The molecule has 3 rings (SSSR count). The monoisotopic (exact) mass is 490 g/mol. The molecule has 0 radical (unpaired) electrons. The molecule has 10 heteroatoms. The molecule has 2 aromatic carbocycles. The molecule has 0 aromatic heterocycles. The van der Waals surface area contributed by atoms with Crippen LogP contribution in [0.15, 0.2) is 53.4 Å². The second-order valence-electron chi connectivity index (χ2n) is 8.22. The van der Waals surface area contributed by atoms with Crippen molar-refractivity contribution in [3.05, 3.63) is 54.1 Å². The Morgan fingerprint density at radius 3 is 2.47 bits per heavy atom. The zero-order valence-electron chi connectivity index (χ0n) is 19.4. The third kappa shape index (κ3) is 7.28. The number of morpholine rings is 1. The van der Waals surface area contributed by atoms with Crippen LogP contribution in [0, 0.1) is 5.92 Å². The van der Waals surface area contributed by atoms with Gasteiger partial charge in [-0.3, -0.25) is 4.79 Å².